The molecule has 10 nitrogen and oxygen atoms in total. The zero-order valence-electron chi connectivity index (χ0n) is 19.0. The number of piperidine rings is 1. The van der Waals surface area contributed by atoms with Crippen molar-refractivity contribution in [1.29, 1.82) is 0 Å². The van der Waals surface area contributed by atoms with Crippen LogP contribution in [0.1, 0.15) is 34.3 Å². The molecule has 2 saturated heterocycles. The fourth-order valence-electron chi connectivity index (χ4n) is 3.68. The molecule has 0 aromatic carbocycles. The summed E-state index contributed by atoms with van der Waals surface area (Å²) in [5.74, 6) is 0.218. The second kappa shape index (κ2) is 13.2. The number of aromatic nitrogens is 1. The molecule has 0 N–H and O–H groups in total. The van der Waals surface area contributed by atoms with Crippen LogP contribution < -0.4 is 0 Å². The molecule has 1 atom stereocenters. The van der Waals surface area contributed by atoms with E-state index in [4.69, 9.17) is 18.9 Å². The molecule has 3 heterocycles. The Morgan fingerprint density at radius 3 is 2.52 bits per heavy atom. The fourth-order valence-corrected chi connectivity index (χ4v) is 5.79. The molecule has 0 aliphatic carbocycles. The van der Waals surface area contributed by atoms with Crippen molar-refractivity contribution in [2.24, 2.45) is 0 Å². The third-order valence-corrected chi connectivity index (χ3v) is 7.71. The van der Waals surface area contributed by atoms with Crippen LogP contribution in [0.2, 0.25) is 0 Å². The Balaban J connectivity index is 1.42. The molecule has 2 fully saturated rings. The number of amides is 2. The Kier molecular flexibility index (Phi) is 10.4. The number of carbonyl (C=O) groups excluding carboxylic acids is 3. The van der Waals surface area contributed by atoms with E-state index in [2.05, 4.69) is 4.98 Å². The summed E-state index contributed by atoms with van der Waals surface area (Å²) < 4.78 is 20.4. The van der Waals surface area contributed by atoms with Crippen LogP contribution in [-0.2, 0) is 28.5 Å². The van der Waals surface area contributed by atoms with Gasteiger partial charge in [-0.05, 0) is 12.8 Å². The SMILES string of the molecule is COCCOCCOCC(=O)N1CCC(c2nc(C(=O)N3CCSC3C(=O)OC)cs2)CC1. The van der Waals surface area contributed by atoms with E-state index in [1.54, 1.807) is 12.5 Å². The Morgan fingerprint density at radius 1 is 1.06 bits per heavy atom. The number of nitrogens with zero attached hydrogens (tertiary/aromatic N) is 3. The molecule has 184 valence electrons. The lowest BCUT2D eigenvalue weighted by Crippen LogP contribution is -2.40. The number of likely N-dealkylation sites (tertiary alicyclic amines) is 1. The summed E-state index contributed by atoms with van der Waals surface area (Å²) in [6.07, 6.45) is 1.58. The number of carbonyl (C=O) groups is 3. The molecule has 3 rings (SSSR count). The van der Waals surface area contributed by atoms with Gasteiger partial charge in [-0.15, -0.1) is 23.1 Å². The van der Waals surface area contributed by atoms with Crippen molar-refractivity contribution in [2.75, 3.05) is 72.6 Å². The second-order valence-corrected chi connectivity index (χ2v) is 9.71. The molecule has 12 heteroatoms. The van der Waals surface area contributed by atoms with Crippen LogP contribution in [0.3, 0.4) is 0 Å². The van der Waals surface area contributed by atoms with Crippen LogP contribution in [0.4, 0.5) is 0 Å². The summed E-state index contributed by atoms with van der Waals surface area (Å²) >= 11 is 2.86. The first-order valence-corrected chi connectivity index (χ1v) is 12.9. The van der Waals surface area contributed by atoms with Gasteiger partial charge in [-0.2, -0.15) is 0 Å². The highest BCUT2D eigenvalue weighted by Crippen LogP contribution is 2.32. The van der Waals surface area contributed by atoms with E-state index in [1.807, 2.05) is 4.90 Å². The molecule has 0 saturated carbocycles. The Morgan fingerprint density at radius 2 is 1.79 bits per heavy atom. The van der Waals surface area contributed by atoms with Crippen LogP contribution in [-0.4, -0.2) is 111 Å². The van der Waals surface area contributed by atoms with Gasteiger partial charge in [0, 0.05) is 43.8 Å². The predicted molar refractivity (Wildman–Crippen MR) is 123 cm³/mol. The topological polar surface area (TPSA) is 108 Å². The van der Waals surface area contributed by atoms with Gasteiger partial charge >= 0.3 is 5.97 Å². The van der Waals surface area contributed by atoms with E-state index in [-0.39, 0.29) is 24.3 Å². The highest BCUT2D eigenvalue weighted by Gasteiger charge is 2.37. The summed E-state index contributed by atoms with van der Waals surface area (Å²) in [5.41, 5.74) is 0.367. The average molecular weight is 502 g/mol. The van der Waals surface area contributed by atoms with E-state index in [0.29, 0.717) is 57.5 Å². The van der Waals surface area contributed by atoms with Gasteiger partial charge < -0.3 is 28.7 Å². The van der Waals surface area contributed by atoms with Crippen LogP contribution in [0.25, 0.3) is 0 Å². The van der Waals surface area contributed by atoms with Gasteiger partial charge in [0.05, 0.1) is 38.5 Å². The minimum absolute atomic E-state index is 0.0271. The number of hydrogen-bond donors (Lipinski definition) is 0. The largest absolute Gasteiger partial charge is 0.467 e. The third kappa shape index (κ3) is 7.12. The highest BCUT2D eigenvalue weighted by molar-refractivity contribution is 8.00. The summed E-state index contributed by atoms with van der Waals surface area (Å²) in [6.45, 7) is 3.65. The molecule has 1 aromatic rings. The van der Waals surface area contributed by atoms with Crippen molar-refractivity contribution in [3.05, 3.63) is 16.1 Å². The van der Waals surface area contributed by atoms with E-state index in [9.17, 15) is 14.4 Å². The summed E-state index contributed by atoms with van der Waals surface area (Å²) in [5, 5.41) is 2.05. The first-order chi connectivity index (χ1) is 16.0. The zero-order chi connectivity index (χ0) is 23.6. The average Bonchev–Trinajstić information content (AvgIpc) is 3.53. The quantitative estimate of drug-likeness (QED) is 0.327. The van der Waals surface area contributed by atoms with Crippen molar-refractivity contribution < 1.29 is 33.3 Å². The minimum Gasteiger partial charge on any atom is -0.467 e. The predicted octanol–water partition coefficient (Wildman–Crippen LogP) is 1.22. The fraction of sp³-hybridized carbons (Fsp3) is 0.714. The van der Waals surface area contributed by atoms with Crippen molar-refractivity contribution >= 4 is 40.9 Å². The van der Waals surface area contributed by atoms with E-state index < -0.39 is 11.3 Å². The van der Waals surface area contributed by atoms with Crippen LogP contribution in [0.15, 0.2) is 5.38 Å². The number of thioether (sulfide) groups is 1. The minimum atomic E-state index is -0.610. The monoisotopic (exact) mass is 501 g/mol. The lowest BCUT2D eigenvalue weighted by molar-refractivity contribution is -0.142. The third-order valence-electron chi connectivity index (χ3n) is 5.52. The Bertz CT molecular complexity index is 799. The number of hydrogen-bond acceptors (Lipinski definition) is 10. The molecule has 1 unspecified atom stereocenters. The molecule has 0 radical (unpaired) electrons. The maximum Gasteiger partial charge on any atom is 0.339 e. The Labute approximate surface area is 201 Å². The van der Waals surface area contributed by atoms with Gasteiger partial charge in [0.15, 0.2) is 5.37 Å². The molecule has 2 amide bonds. The lowest BCUT2D eigenvalue weighted by atomic mass is 9.97. The number of methoxy groups -OCH3 is 2. The normalized spacial score (nSPS) is 19.2. The number of ether oxygens (including phenoxy) is 4. The van der Waals surface area contributed by atoms with Crippen molar-refractivity contribution in [3.8, 4) is 0 Å². The van der Waals surface area contributed by atoms with Crippen LogP contribution in [0.5, 0.6) is 0 Å². The molecule has 2 aliphatic heterocycles. The molecule has 33 heavy (non-hydrogen) atoms. The maximum absolute atomic E-state index is 12.9. The molecule has 2 aliphatic rings. The highest BCUT2D eigenvalue weighted by atomic mass is 32.2. The van der Waals surface area contributed by atoms with Crippen molar-refractivity contribution in [1.82, 2.24) is 14.8 Å². The maximum atomic E-state index is 12.9. The summed E-state index contributed by atoms with van der Waals surface area (Å²) in [4.78, 5) is 45.1. The van der Waals surface area contributed by atoms with E-state index in [0.717, 1.165) is 17.8 Å². The van der Waals surface area contributed by atoms with Gasteiger partial charge in [-0.1, -0.05) is 0 Å². The molecular weight excluding hydrogens is 470 g/mol. The van der Waals surface area contributed by atoms with Gasteiger partial charge in [0.1, 0.15) is 12.3 Å². The zero-order valence-corrected chi connectivity index (χ0v) is 20.7. The number of rotatable bonds is 11. The standard InChI is InChI=1S/C21H31N3O7S2/c1-28-8-9-30-10-11-31-13-17(25)23-5-3-15(4-6-23)18-22-16(14-33-18)19(26)24-7-12-32-20(24)21(27)29-2/h14-15,20H,3-13H2,1-2H3. The molecular formula is C21H31N3O7S2. The smallest absolute Gasteiger partial charge is 0.339 e. The molecule has 1 aromatic heterocycles. The second-order valence-electron chi connectivity index (χ2n) is 7.63. The van der Waals surface area contributed by atoms with Crippen LogP contribution >= 0.6 is 23.1 Å². The summed E-state index contributed by atoms with van der Waals surface area (Å²) in [7, 11) is 2.94. The Hall–Kier alpha value is -1.73. The van der Waals surface area contributed by atoms with E-state index >= 15 is 0 Å². The van der Waals surface area contributed by atoms with Gasteiger partial charge in [0.2, 0.25) is 5.91 Å². The number of esters is 1. The lowest BCUT2D eigenvalue weighted by Gasteiger charge is -2.31. The first kappa shape index (κ1) is 25.9. The molecule has 0 spiro atoms. The number of thiazole rings is 1. The first-order valence-electron chi connectivity index (χ1n) is 10.9. The summed E-state index contributed by atoms with van der Waals surface area (Å²) in [6, 6.07) is 0. The molecule has 0 bridgehead atoms. The van der Waals surface area contributed by atoms with Crippen LogP contribution in [0, 0.1) is 0 Å². The van der Waals surface area contributed by atoms with Gasteiger partial charge in [-0.25, -0.2) is 9.78 Å². The van der Waals surface area contributed by atoms with Crippen molar-refractivity contribution in [2.45, 2.75) is 24.1 Å². The van der Waals surface area contributed by atoms with Gasteiger partial charge in [-0.3, -0.25) is 9.59 Å². The van der Waals surface area contributed by atoms with E-state index in [1.165, 1.54) is 35.1 Å². The van der Waals surface area contributed by atoms with Gasteiger partial charge in [0.25, 0.3) is 5.91 Å². The van der Waals surface area contributed by atoms with Crippen molar-refractivity contribution in [3.63, 3.8) is 0 Å².